The van der Waals surface area contributed by atoms with E-state index >= 15 is 0 Å². The number of nitrogens with zero attached hydrogens (tertiary/aromatic N) is 1. The van der Waals surface area contributed by atoms with Crippen LogP contribution in [0.4, 0.5) is 0 Å². The monoisotopic (exact) mass is 408 g/mol. The number of carbonyl (C=O) groups is 1. The first-order valence-corrected chi connectivity index (χ1v) is 9.43. The van der Waals surface area contributed by atoms with Gasteiger partial charge in [-0.3, -0.25) is 4.79 Å². The Bertz CT molecular complexity index is 753. The molecule has 2 aromatic rings. The van der Waals surface area contributed by atoms with E-state index < -0.39 is 0 Å². The van der Waals surface area contributed by atoms with Gasteiger partial charge >= 0.3 is 0 Å². The molecule has 2 atom stereocenters. The summed E-state index contributed by atoms with van der Waals surface area (Å²) in [4.78, 5) is 14.3. The molecular formula is C21H26Cl2N2O2. The molecule has 0 aromatic heterocycles. The van der Waals surface area contributed by atoms with E-state index in [9.17, 15) is 4.79 Å². The second-order valence-electron chi connectivity index (χ2n) is 6.90. The topological polar surface area (TPSA) is 55.6 Å². The highest BCUT2D eigenvalue weighted by Crippen LogP contribution is 2.30. The first-order chi connectivity index (χ1) is 12.5. The first kappa shape index (κ1) is 21.5. The van der Waals surface area contributed by atoms with Gasteiger partial charge in [-0.25, -0.2) is 0 Å². The molecule has 1 aliphatic rings. The summed E-state index contributed by atoms with van der Waals surface area (Å²) in [5, 5.41) is 0.506. The predicted molar refractivity (Wildman–Crippen MR) is 113 cm³/mol. The summed E-state index contributed by atoms with van der Waals surface area (Å²) in [5.41, 5.74) is 8.10. The number of rotatable bonds is 5. The molecule has 2 unspecified atom stereocenters. The van der Waals surface area contributed by atoms with Crippen molar-refractivity contribution in [2.45, 2.75) is 25.8 Å². The van der Waals surface area contributed by atoms with Gasteiger partial charge in [0.15, 0.2) is 6.61 Å². The van der Waals surface area contributed by atoms with Crippen LogP contribution in [0.2, 0.25) is 5.02 Å². The summed E-state index contributed by atoms with van der Waals surface area (Å²) in [7, 11) is 0. The predicted octanol–water partition coefficient (Wildman–Crippen LogP) is 4.39. The Balaban J connectivity index is 0.00000261. The molecule has 2 N–H and O–H groups in total. The fourth-order valence-electron chi connectivity index (χ4n) is 3.32. The zero-order chi connectivity index (χ0) is 18.5. The number of halogens is 2. The number of hydrogen-bond donors (Lipinski definition) is 1. The van der Waals surface area contributed by atoms with E-state index in [0.717, 1.165) is 30.5 Å². The van der Waals surface area contributed by atoms with Gasteiger partial charge in [-0.05, 0) is 48.9 Å². The van der Waals surface area contributed by atoms with Gasteiger partial charge in [0, 0.05) is 19.1 Å². The van der Waals surface area contributed by atoms with Gasteiger partial charge in [0.2, 0.25) is 0 Å². The average molecular weight is 409 g/mol. The SMILES string of the molecule is CC(N)C1CCCN(C(=O)COc2ccc(-c3ccccc3)cc2Cl)C1.Cl. The minimum absolute atomic E-state index is 0. The molecule has 1 saturated heterocycles. The molecule has 4 nitrogen and oxygen atoms in total. The molecule has 1 aliphatic heterocycles. The minimum Gasteiger partial charge on any atom is -0.482 e. The fourth-order valence-corrected chi connectivity index (χ4v) is 3.56. The zero-order valence-corrected chi connectivity index (χ0v) is 17.0. The van der Waals surface area contributed by atoms with Gasteiger partial charge < -0.3 is 15.4 Å². The third kappa shape index (κ3) is 5.61. The number of nitrogens with two attached hydrogens (primary N) is 1. The fraction of sp³-hybridized carbons (Fsp3) is 0.381. The van der Waals surface area contributed by atoms with Crippen LogP contribution >= 0.6 is 24.0 Å². The first-order valence-electron chi connectivity index (χ1n) is 9.05. The van der Waals surface area contributed by atoms with Gasteiger partial charge in [0.1, 0.15) is 5.75 Å². The van der Waals surface area contributed by atoms with Crippen molar-refractivity contribution in [3.63, 3.8) is 0 Å². The molecule has 0 aliphatic carbocycles. The Hall–Kier alpha value is -1.75. The van der Waals surface area contributed by atoms with E-state index in [0.29, 0.717) is 23.2 Å². The summed E-state index contributed by atoms with van der Waals surface area (Å²) in [6.07, 6.45) is 2.07. The molecule has 0 spiro atoms. The molecule has 0 bridgehead atoms. The Morgan fingerprint density at radius 1 is 1.26 bits per heavy atom. The quantitative estimate of drug-likeness (QED) is 0.797. The summed E-state index contributed by atoms with van der Waals surface area (Å²) in [5.74, 6) is 0.875. The Morgan fingerprint density at radius 2 is 2.00 bits per heavy atom. The standard InChI is InChI=1S/C21H25ClN2O2.ClH/c1-15(23)18-8-5-11-24(13-18)21(25)14-26-20-10-9-17(12-19(20)22)16-6-3-2-4-7-16;/h2-4,6-7,9-10,12,15,18H,5,8,11,13-14,23H2,1H3;1H. The number of ether oxygens (including phenoxy) is 1. The summed E-state index contributed by atoms with van der Waals surface area (Å²) in [6.45, 7) is 3.48. The number of hydrogen-bond acceptors (Lipinski definition) is 3. The number of benzene rings is 2. The maximum Gasteiger partial charge on any atom is 0.260 e. The minimum atomic E-state index is -0.0152. The molecule has 3 rings (SSSR count). The van der Waals surface area contributed by atoms with Crippen molar-refractivity contribution in [2.75, 3.05) is 19.7 Å². The summed E-state index contributed by atoms with van der Waals surface area (Å²) < 4.78 is 5.68. The molecule has 0 saturated carbocycles. The molecule has 27 heavy (non-hydrogen) atoms. The van der Waals surface area contributed by atoms with Crippen LogP contribution in [0.1, 0.15) is 19.8 Å². The summed E-state index contributed by atoms with van der Waals surface area (Å²) in [6, 6.07) is 15.7. The molecule has 1 amide bonds. The van der Waals surface area contributed by atoms with Crippen LogP contribution < -0.4 is 10.5 Å². The lowest BCUT2D eigenvalue weighted by atomic mass is 9.92. The molecule has 2 aromatic carbocycles. The molecule has 1 fully saturated rings. The van der Waals surface area contributed by atoms with Gasteiger partial charge in [0.05, 0.1) is 5.02 Å². The third-order valence-corrected chi connectivity index (χ3v) is 5.24. The molecule has 146 valence electrons. The Kier molecular flexibility index (Phi) is 7.96. The van der Waals surface area contributed by atoms with Gasteiger partial charge in [0.25, 0.3) is 5.91 Å². The number of amides is 1. The maximum atomic E-state index is 12.5. The molecular weight excluding hydrogens is 383 g/mol. The Morgan fingerprint density at radius 3 is 2.67 bits per heavy atom. The van der Waals surface area contributed by atoms with Gasteiger partial charge in [-0.15, -0.1) is 12.4 Å². The summed E-state index contributed by atoms with van der Waals surface area (Å²) >= 11 is 6.35. The van der Waals surface area contributed by atoms with Crippen molar-refractivity contribution >= 4 is 29.9 Å². The van der Waals surface area contributed by atoms with Crippen LogP contribution in [-0.4, -0.2) is 36.5 Å². The smallest absolute Gasteiger partial charge is 0.260 e. The molecule has 0 radical (unpaired) electrons. The highest BCUT2D eigenvalue weighted by atomic mass is 35.5. The van der Waals surface area contributed by atoms with E-state index in [4.69, 9.17) is 22.1 Å². The van der Waals surface area contributed by atoms with Crippen molar-refractivity contribution in [1.29, 1.82) is 0 Å². The highest BCUT2D eigenvalue weighted by Gasteiger charge is 2.26. The van der Waals surface area contributed by atoms with Crippen molar-refractivity contribution < 1.29 is 9.53 Å². The lowest BCUT2D eigenvalue weighted by molar-refractivity contribution is -0.135. The molecule has 1 heterocycles. The second kappa shape index (κ2) is 9.98. The second-order valence-corrected chi connectivity index (χ2v) is 7.31. The van der Waals surface area contributed by atoms with Crippen molar-refractivity contribution in [2.24, 2.45) is 11.7 Å². The van der Waals surface area contributed by atoms with E-state index in [1.807, 2.05) is 60.4 Å². The van der Waals surface area contributed by atoms with E-state index in [1.165, 1.54) is 0 Å². The number of carbonyl (C=O) groups excluding carboxylic acids is 1. The van der Waals surface area contributed by atoms with E-state index in [-0.39, 0.29) is 31.0 Å². The van der Waals surface area contributed by atoms with Crippen LogP contribution in [0.15, 0.2) is 48.5 Å². The van der Waals surface area contributed by atoms with Crippen LogP contribution in [0.25, 0.3) is 11.1 Å². The van der Waals surface area contributed by atoms with Gasteiger partial charge in [-0.1, -0.05) is 48.0 Å². The largest absolute Gasteiger partial charge is 0.482 e. The third-order valence-electron chi connectivity index (χ3n) is 4.94. The normalized spacial score (nSPS) is 17.7. The number of likely N-dealkylation sites (tertiary alicyclic amines) is 1. The van der Waals surface area contributed by atoms with Crippen molar-refractivity contribution in [3.8, 4) is 16.9 Å². The highest BCUT2D eigenvalue weighted by molar-refractivity contribution is 6.32. The van der Waals surface area contributed by atoms with Crippen LogP contribution in [0.5, 0.6) is 5.75 Å². The van der Waals surface area contributed by atoms with E-state index in [1.54, 1.807) is 0 Å². The van der Waals surface area contributed by atoms with Crippen LogP contribution in [-0.2, 0) is 4.79 Å². The van der Waals surface area contributed by atoms with Crippen LogP contribution in [0.3, 0.4) is 0 Å². The van der Waals surface area contributed by atoms with Crippen LogP contribution in [0, 0.1) is 5.92 Å². The lowest BCUT2D eigenvalue weighted by Crippen LogP contribution is -2.46. The Labute approximate surface area is 172 Å². The number of piperidine rings is 1. The van der Waals surface area contributed by atoms with Crippen molar-refractivity contribution in [3.05, 3.63) is 53.6 Å². The van der Waals surface area contributed by atoms with Gasteiger partial charge in [-0.2, -0.15) is 0 Å². The lowest BCUT2D eigenvalue weighted by Gasteiger charge is -2.34. The zero-order valence-electron chi connectivity index (χ0n) is 15.4. The average Bonchev–Trinajstić information content (AvgIpc) is 2.67. The molecule has 6 heteroatoms. The van der Waals surface area contributed by atoms with Crippen molar-refractivity contribution in [1.82, 2.24) is 4.90 Å². The maximum absolute atomic E-state index is 12.5. The van der Waals surface area contributed by atoms with E-state index in [2.05, 4.69) is 0 Å².